The van der Waals surface area contributed by atoms with E-state index in [9.17, 15) is 27.5 Å². The first-order valence-corrected chi connectivity index (χ1v) is 9.16. The summed E-state index contributed by atoms with van der Waals surface area (Å²) >= 11 is 1.05. The number of carbonyl (C=O) groups is 1. The molecule has 0 aliphatic carbocycles. The van der Waals surface area contributed by atoms with Crippen LogP contribution in [0.15, 0.2) is 42.9 Å². The van der Waals surface area contributed by atoms with Crippen LogP contribution in [-0.2, 0) is 23.9 Å². The van der Waals surface area contributed by atoms with E-state index < -0.39 is 29.9 Å². The summed E-state index contributed by atoms with van der Waals surface area (Å²) in [5.74, 6) is -2.15. The molecule has 0 saturated carbocycles. The Hall–Kier alpha value is -2.79. The number of imidazole rings is 1. The van der Waals surface area contributed by atoms with E-state index in [0.29, 0.717) is 16.9 Å². The number of aryl methyl sites for hydroxylation is 1. The fourth-order valence-corrected chi connectivity index (χ4v) is 3.62. The van der Waals surface area contributed by atoms with Gasteiger partial charge in [0, 0.05) is 36.9 Å². The lowest BCUT2D eigenvalue weighted by molar-refractivity contribution is -0.270. The van der Waals surface area contributed by atoms with Crippen LogP contribution in [-0.4, -0.2) is 31.7 Å². The second-order valence-corrected chi connectivity index (χ2v) is 7.50. The molecular formula is C18H16F4N4O2S. The van der Waals surface area contributed by atoms with E-state index in [4.69, 9.17) is 0 Å². The molecule has 2 N–H and O–H groups in total. The van der Waals surface area contributed by atoms with Crippen LogP contribution in [0.1, 0.15) is 22.7 Å². The number of hydrogen-bond donors (Lipinski definition) is 2. The number of nitrogens with zero attached hydrogens (tertiary/aromatic N) is 3. The van der Waals surface area contributed by atoms with Gasteiger partial charge in [-0.05, 0) is 17.7 Å². The third kappa shape index (κ3) is 4.62. The van der Waals surface area contributed by atoms with Crippen molar-refractivity contribution in [2.75, 3.05) is 5.32 Å². The van der Waals surface area contributed by atoms with E-state index in [-0.39, 0.29) is 10.9 Å². The SMILES string of the molecule is Cn1ccnc1C(O)(CC(=O)Nc1ncc(Cc2cccc(F)c2)s1)C(F)(F)F. The molecule has 11 heteroatoms. The number of anilines is 1. The number of nitrogens with one attached hydrogen (secondary N) is 1. The molecule has 0 fully saturated rings. The molecule has 0 bridgehead atoms. The van der Waals surface area contributed by atoms with Crippen LogP contribution in [0.4, 0.5) is 22.7 Å². The number of halogens is 4. The Kier molecular flexibility index (Phi) is 5.71. The van der Waals surface area contributed by atoms with Crippen molar-refractivity contribution in [3.63, 3.8) is 0 Å². The van der Waals surface area contributed by atoms with E-state index in [1.54, 1.807) is 12.1 Å². The monoisotopic (exact) mass is 428 g/mol. The first kappa shape index (κ1) is 20.9. The number of benzene rings is 1. The molecule has 0 aliphatic rings. The molecule has 1 atom stereocenters. The van der Waals surface area contributed by atoms with E-state index in [2.05, 4.69) is 15.3 Å². The molecule has 3 rings (SSSR count). The third-order valence-electron chi connectivity index (χ3n) is 4.14. The lowest BCUT2D eigenvalue weighted by Crippen LogP contribution is -2.46. The van der Waals surface area contributed by atoms with E-state index in [0.717, 1.165) is 22.1 Å². The van der Waals surface area contributed by atoms with Crippen LogP contribution in [0.3, 0.4) is 0 Å². The molecule has 154 valence electrons. The molecule has 3 aromatic rings. The summed E-state index contributed by atoms with van der Waals surface area (Å²) in [5.41, 5.74) is -2.76. The fourth-order valence-electron chi connectivity index (χ4n) is 2.76. The summed E-state index contributed by atoms with van der Waals surface area (Å²) in [7, 11) is 1.29. The molecular weight excluding hydrogens is 412 g/mol. The maximum absolute atomic E-state index is 13.5. The van der Waals surface area contributed by atoms with Gasteiger partial charge in [-0.25, -0.2) is 14.4 Å². The van der Waals surface area contributed by atoms with Crippen molar-refractivity contribution in [2.24, 2.45) is 7.05 Å². The van der Waals surface area contributed by atoms with Crippen molar-refractivity contribution in [1.29, 1.82) is 0 Å². The largest absolute Gasteiger partial charge is 0.425 e. The predicted molar refractivity (Wildman–Crippen MR) is 97.7 cm³/mol. The lowest BCUT2D eigenvalue weighted by atomic mass is 9.97. The molecule has 2 heterocycles. The first-order chi connectivity index (χ1) is 13.6. The van der Waals surface area contributed by atoms with E-state index in [1.165, 1.54) is 31.6 Å². The normalized spacial score (nSPS) is 13.9. The Morgan fingerprint density at radius 2 is 2.07 bits per heavy atom. The van der Waals surface area contributed by atoms with Crippen LogP contribution >= 0.6 is 11.3 Å². The zero-order valence-corrected chi connectivity index (χ0v) is 15.9. The number of aliphatic hydroxyl groups is 1. The average molecular weight is 428 g/mol. The minimum atomic E-state index is -5.12. The lowest BCUT2D eigenvalue weighted by Gasteiger charge is -2.29. The Bertz CT molecular complexity index is 1020. The maximum atomic E-state index is 13.5. The molecule has 1 unspecified atom stereocenters. The topological polar surface area (TPSA) is 80.0 Å². The maximum Gasteiger partial charge on any atom is 0.425 e. The van der Waals surface area contributed by atoms with Crippen molar-refractivity contribution in [3.05, 3.63) is 64.9 Å². The number of rotatable bonds is 6. The molecule has 0 aliphatic heterocycles. The molecule has 0 radical (unpaired) electrons. The molecule has 1 amide bonds. The van der Waals surface area contributed by atoms with Gasteiger partial charge in [0.25, 0.3) is 0 Å². The van der Waals surface area contributed by atoms with Crippen molar-refractivity contribution in [2.45, 2.75) is 24.6 Å². The minimum absolute atomic E-state index is 0.0748. The highest BCUT2D eigenvalue weighted by molar-refractivity contribution is 7.15. The number of hydrogen-bond acceptors (Lipinski definition) is 5. The zero-order chi connectivity index (χ0) is 21.2. The molecule has 0 spiro atoms. The third-order valence-corrected chi connectivity index (χ3v) is 5.06. The van der Waals surface area contributed by atoms with Crippen molar-refractivity contribution >= 4 is 22.4 Å². The number of carbonyl (C=O) groups excluding carboxylic acids is 1. The van der Waals surface area contributed by atoms with Crippen molar-refractivity contribution in [1.82, 2.24) is 14.5 Å². The van der Waals surface area contributed by atoms with Crippen molar-refractivity contribution < 1.29 is 27.5 Å². The van der Waals surface area contributed by atoms with Gasteiger partial charge < -0.3 is 15.0 Å². The highest BCUT2D eigenvalue weighted by Crippen LogP contribution is 2.41. The fraction of sp³-hybridized carbons (Fsp3) is 0.278. The van der Waals surface area contributed by atoms with Crippen LogP contribution in [0.5, 0.6) is 0 Å². The molecule has 1 aromatic carbocycles. The summed E-state index contributed by atoms with van der Waals surface area (Å²) in [4.78, 5) is 20.4. The quantitative estimate of drug-likeness (QED) is 0.590. The van der Waals surface area contributed by atoms with Crippen LogP contribution in [0, 0.1) is 5.82 Å². The van der Waals surface area contributed by atoms with Crippen LogP contribution in [0.2, 0.25) is 0 Å². The summed E-state index contributed by atoms with van der Waals surface area (Å²) < 4.78 is 54.8. The first-order valence-electron chi connectivity index (χ1n) is 8.34. The van der Waals surface area contributed by atoms with Gasteiger partial charge in [0.05, 0.1) is 6.42 Å². The Labute approximate surface area is 166 Å². The van der Waals surface area contributed by atoms with Crippen molar-refractivity contribution in [3.8, 4) is 0 Å². The number of alkyl halides is 3. The summed E-state index contributed by atoms with van der Waals surface area (Å²) in [5, 5.41) is 12.6. The van der Waals surface area contributed by atoms with Gasteiger partial charge in [-0.3, -0.25) is 4.79 Å². The van der Waals surface area contributed by atoms with Gasteiger partial charge in [-0.15, -0.1) is 11.3 Å². The summed E-state index contributed by atoms with van der Waals surface area (Å²) in [6.45, 7) is 0. The van der Waals surface area contributed by atoms with E-state index >= 15 is 0 Å². The Balaban J connectivity index is 1.71. The Morgan fingerprint density at radius 3 is 2.69 bits per heavy atom. The van der Waals surface area contributed by atoms with Gasteiger partial charge in [0.1, 0.15) is 5.82 Å². The second-order valence-electron chi connectivity index (χ2n) is 6.38. The standard InChI is InChI=1S/C18H16F4N4O2S/c1-26-6-5-23-15(26)17(28,18(20,21)22)9-14(27)25-16-24-10-13(29-16)8-11-3-2-4-12(19)7-11/h2-7,10,28H,8-9H2,1H3,(H,24,25,27). The molecule has 6 nitrogen and oxygen atoms in total. The van der Waals surface area contributed by atoms with Gasteiger partial charge in [-0.2, -0.15) is 13.2 Å². The summed E-state index contributed by atoms with van der Waals surface area (Å²) in [6.07, 6.45) is -2.26. The van der Waals surface area contributed by atoms with Crippen LogP contribution in [0.25, 0.3) is 0 Å². The number of aromatic nitrogens is 3. The smallest absolute Gasteiger partial charge is 0.374 e. The highest BCUT2D eigenvalue weighted by atomic mass is 32.1. The second kappa shape index (κ2) is 7.91. The van der Waals surface area contributed by atoms with Gasteiger partial charge in [0.2, 0.25) is 11.5 Å². The van der Waals surface area contributed by atoms with E-state index in [1.807, 2.05) is 0 Å². The average Bonchev–Trinajstić information content (AvgIpc) is 3.22. The van der Waals surface area contributed by atoms with Gasteiger partial charge >= 0.3 is 6.18 Å². The zero-order valence-electron chi connectivity index (χ0n) is 15.1. The number of thiazole rings is 1. The number of amides is 1. The predicted octanol–water partition coefficient (Wildman–Crippen LogP) is 3.39. The molecule has 2 aromatic heterocycles. The molecule has 0 saturated heterocycles. The van der Waals surface area contributed by atoms with Crippen LogP contribution < -0.4 is 5.32 Å². The van der Waals surface area contributed by atoms with Gasteiger partial charge in [-0.1, -0.05) is 12.1 Å². The summed E-state index contributed by atoms with van der Waals surface area (Å²) in [6, 6.07) is 5.95. The molecule has 29 heavy (non-hydrogen) atoms. The Morgan fingerprint density at radius 1 is 1.31 bits per heavy atom. The minimum Gasteiger partial charge on any atom is -0.374 e. The van der Waals surface area contributed by atoms with Gasteiger partial charge in [0.15, 0.2) is 11.0 Å². The highest BCUT2D eigenvalue weighted by Gasteiger charge is 2.58.